The van der Waals surface area contributed by atoms with Crippen molar-refractivity contribution in [3.63, 3.8) is 0 Å². The zero-order chi connectivity index (χ0) is 22.1. The van der Waals surface area contributed by atoms with Gasteiger partial charge in [-0.1, -0.05) is 54.2 Å². The van der Waals surface area contributed by atoms with E-state index >= 15 is 0 Å². The number of rotatable bonds is 7. The average molecular weight is 430 g/mol. The van der Waals surface area contributed by atoms with Crippen LogP contribution < -0.4 is 10.6 Å². The maximum atomic E-state index is 12.7. The highest BCUT2D eigenvalue weighted by Gasteiger charge is 2.14. The Morgan fingerprint density at radius 3 is 2.29 bits per heavy atom. The van der Waals surface area contributed by atoms with Crippen molar-refractivity contribution >= 4 is 35.0 Å². The minimum atomic E-state index is -0.563. The van der Waals surface area contributed by atoms with Gasteiger partial charge < -0.3 is 15.4 Å². The fourth-order valence-corrected chi connectivity index (χ4v) is 3.58. The number of carbonyl (C=O) groups excluding carboxylic acids is 2. The SMILES string of the molecule is COC(=O)c1ccccc1N/C=C(/C#N)C(=O)Nc1ccccc1Sc1ccccc1. The molecule has 2 N–H and O–H groups in total. The number of hydrogen-bond donors (Lipinski definition) is 2. The summed E-state index contributed by atoms with van der Waals surface area (Å²) in [6.07, 6.45) is 1.27. The average Bonchev–Trinajstić information content (AvgIpc) is 2.81. The Bertz CT molecular complexity index is 1150. The Morgan fingerprint density at radius 2 is 1.58 bits per heavy atom. The normalized spacial score (nSPS) is 10.6. The molecule has 7 heteroatoms. The Morgan fingerprint density at radius 1 is 0.935 bits per heavy atom. The molecule has 31 heavy (non-hydrogen) atoms. The molecule has 3 aromatic carbocycles. The Hall–Kier alpha value is -4.02. The van der Waals surface area contributed by atoms with Gasteiger partial charge in [0, 0.05) is 16.0 Å². The molecule has 0 bridgehead atoms. The second-order valence-electron chi connectivity index (χ2n) is 6.22. The van der Waals surface area contributed by atoms with Crippen LogP contribution in [-0.4, -0.2) is 19.0 Å². The van der Waals surface area contributed by atoms with Crippen LogP contribution in [0.25, 0.3) is 0 Å². The first-order valence-electron chi connectivity index (χ1n) is 9.30. The van der Waals surface area contributed by atoms with Gasteiger partial charge in [0.1, 0.15) is 11.6 Å². The first kappa shape index (κ1) is 21.7. The van der Waals surface area contributed by atoms with Crippen LogP contribution in [0.1, 0.15) is 10.4 Å². The van der Waals surface area contributed by atoms with Crippen molar-refractivity contribution in [2.75, 3.05) is 17.7 Å². The van der Waals surface area contributed by atoms with Crippen molar-refractivity contribution < 1.29 is 14.3 Å². The molecule has 6 nitrogen and oxygen atoms in total. The molecule has 154 valence electrons. The molecule has 3 aromatic rings. The molecule has 0 spiro atoms. The lowest BCUT2D eigenvalue weighted by molar-refractivity contribution is -0.112. The number of nitrogens with one attached hydrogen (secondary N) is 2. The molecule has 0 aliphatic carbocycles. The molecule has 0 unspecified atom stereocenters. The maximum absolute atomic E-state index is 12.7. The first-order valence-corrected chi connectivity index (χ1v) is 10.1. The van der Waals surface area contributed by atoms with Crippen LogP contribution in [0, 0.1) is 11.3 Å². The van der Waals surface area contributed by atoms with Crippen molar-refractivity contribution in [1.29, 1.82) is 5.26 Å². The van der Waals surface area contributed by atoms with E-state index in [9.17, 15) is 14.9 Å². The van der Waals surface area contributed by atoms with Crippen molar-refractivity contribution in [3.8, 4) is 6.07 Å². The molecule has 0 radical (unpaired) electrons. The van der Waals surface area contributed by atoms with E-state index in [-0.39, 0.29) is 5.57 Å². The van der Waals surface area contributed by atoms with Gasteiger partial charge in [-0.3, -0.25) is 4.79 Å². The lowest BCUT2D eigenvalue weighted by Gasteiger charge is -2.11. The van der Waals surface area contributed by atoms with Gasteiger partial charge in [0.2, 0.25) is 0 Å². The van der Waals surface area contributed by atoms with Crippen LogP contribution in [-0.2, 0) is 9.53 Å². The molecule has 0 saturated carbocycles. The van der Waals surface area contributed by atoms with Crippen molar-refractivity contribution in [3.05, 3.63) is 96.2 Å². The molecule has 0 aromatic heterocycles. The van der Waals surface area contributed by atoms with Crippen LogP contribution in [0.2, 0.25) is 0 Å². The third-order valence-electron chi connectivity index (χ3n) is 4.18. The van der Waals surface area contributed by atoms with Gasteiger partial charge >= 0.3 is 5.97 Å². The van der Waals surface area contributed by atoms with E-state index in [0.717, 1.165) is 9.79 Å². The molecule has 1 amide bonds. The minimum Gasteiger partial charge on any atom is -0.465 e. The first-order chi connectivity index (χ1) is 15.1. The minimum absolute atomic E-state index is 0.140. The maximum Gasteiger partial charge on any atom is 0.339 e. The van der Waals surface area contributed by atoms with Crippen LogP contribution in [0.3, 0.4) is 0 Å². The van der Waals surface area contributed by atoms with Gasteiger partial charge in [0.25, 0.3) is 5.91 Å². The van der Waals surface area contributed by atoms with Crippen molar-refractivity contribution in [2.24, 2.45) is 0 Å². The predicted octanol–water partition coefficient (Wildman–Crippen LogP) is 5.08. The fourth-order valence-electron chi connectivity index (χ4n) is 2.66. The van der Waals surface area contributed by atoms with E-state index in [1.807, 2.05) is 54.6 Å². The fraction of sp³-hybridized carbons (Fsp3) is 0.0417. The zero-order valence-electron chi connectivity index (χ0n) is 16.7. The summed E-state index contributed by atoms with van der Waals surface area (Å²) in [4.78, 5) is 26.5. The summed E-state index contributed by atoms with van der Waals surface area (Å²) < 4.78 is 4.75. The molecule has 0 atom stereocenters. The number of benzene rings is 3. The molecular formula is C24H19N3O3S. The Balaban J connectivity index is 1.77. The Labute approximate surface area is 184 Å². The number of esters is 1. The highest BCUT2D eigenvalue weighted by molar-refractivity contribution is 7.99. The molecule has 0 heterocycles. The number of ether oxygens (including phenoxy) is 1. The predicted molar refractivity (Wildman–Crippen MR) is 121 cm³/mol. The second-order valence-corrected chi connectivity index (χ2v) is 7.33. The number of nitrogens with zero attached hydrogens (tertiary/aromatic N) is 1. The third-order valence-corrected chi connectivity index (χ3v) is 5.26. The largest absolute Gasteiger partial charge is 0.465 e. The lowest BCUT2D eigenvalue weighted by atomic mass is 10.2. The molecule has 0 saturated heterocycles. The Kier molecular flexibility index (Phi) is 7.46. The number of amides is 1. The van der Waals surface area contributed by atoms with E-state index in [1.165, 1.54) is 25.1 Å². The standard InChI is InChI=1S/C24H19N3O3S/c1-30-24(29)19-11-5-6-12-20(19)26-16-17(15-25)23(28)27-21-13-7-8-14-22(21)31-18-9-3-2-4-10-18/h2-14,16,26H,1H3,(H,27,28)/b17-16-. The number of hydrogen-bond acceptors (Lipinski definition) is 6. The van der Waals surface area contributed by atoms with Gasteiger partial charge in [0.05, 0.1) is 24.0 Å². The highest BCUT2D eigenvalue weighted by Crippen LogP contribution is 2.33. The summed E-state index contributed by atoms with van der Waals surface area (Å²) in [7, 11) is 1.29. The third kappa shape index (κ3) is 5.75. The highest BCUT2D eigenvalue weighted by atomic mass is 32.2. The van der Waals surface area contributed by atoms with E-state index in [2.05, 4.69) is 10.6 Å². The van der Waals surface area contributed by atoms with Crippen LogP contribution in [0.5, 0.6) is 0 Å². The molecule has 0 fully saturated rings. The number of anilines is 2. The summed E-state index contributed by atoms with van der Waals surface area (Å²) >= 11 is 1.51. The molecule has 0 aliphatic heterocycles. The monoisotopic (exact) mass is 429 g/mol. The van der Waals surface area contributed by atoms with Crippen LogP contribution in [0.4, 0.5) is 11.4 Å². The molecule has 0 aliphatic rings. The summed E-state index contributed by atoms with van der Waals surface area (Å²) in [5, 5.41) is 15.1. The smallest absolute Gasteiger partial charge is 0.339 e. The number of para-hydroxylation sites is 2. The quantitative estimate of drug-likeness (QED) is 0.309. The van der Waals surface area contributed by atoms with Crippen molar-refractivity contribution in [1.82, 2.24) is 0 Å². The van der Waals surface area contributed by atoms with E-state index in [1.54, 1.807) is 30.3 Å². The van der Waals surface area contributed by atoms with E-state index < -0.39 is 11.9 Å². The van der Waals surface area contributed by atoms with Crippen LogP contribution >= 0.6 is 11.8 Å². The summed E-state index contributed by atoms with van der Waals surface area (Å²) in [6.45, 7) is 0. The zero-order valence-corrected chi connectivity index (χ0v) is 17.5. The van der Waals surface area contributed by atoms with Crippen LogP contribution in [0.15, 0.2) is 100 Å². The molecule has 3 rings (SSSR count). The summed E-state index contributed by atoms with van der Waals surface area (Å²) in [6, 6.07) is 25.7. The number of nitriles is 1. The second kappa shape index (κ2) is 10.7. The van der Waals surface area contributed by atoms with Gasteiger partial charge in [-0.2, -0.15) is 5.26 Å². The lowest BCUT2D eigenvalue weighted by Crippen LogP contribution is -2.15. The topological polar surface area (TPSA) is 91.2 Å². The number of methoxy groups -OCH3 is 1. The van der Waals surface area contributed by atoms with Gasteiger partial charge in [-0.15, -0.1) is 0 Å². The van der Waals surface area contributed by atoms with Gasteiger partial charge in [0.15, 0.2) is 0 Å². The summed E-state index contributed by atoms with van der Waals surface area (Å²) in [5.41, 5.74) is 1.18. The van der Waals surface area contributed by atoms with Gasteiger partial charge in [-0.05, 0) is 36.4 Å². The van der Waals surface area contributed by atoms with Crippen molar-refractivity contribution in [2.45, 2.75) is 9.79 Å². The van der Waals surface area contributed by atoms with E-state index in [4.69, 9.17) is 4.74 Å². The number of carbonyl (C=O) groups is 2. The van der Waals surface area contributed by atoms with E-state index in [0.29, 0.717) is 16.9 Å². The summed E-state index contributed by atoms with van der Waals surface area (Å²) in [5.74, 6) is -1.09. The molecular weight excluding hydrogens is 410 g/mol. The van der Waals surface area contributed by atoms with Gasteiger partial charge in [-0.25, -0.2) is 4.79 Å².